The van der Waals surface area contributed by atoms with Gasteiger partial charge in [0.05, 0.1) is 20.0 Å². The van der Waals surface area contributed by atoms with E-state index in [9.17, 15) is 9.59 Å². The zero-order valence-corrected chi connectivity index (χ0v) is 14.1. The molecule has 1 aliphatic heterocycles. The van der Waals surface area contributed by atoms with Gasteiger partial charge in [-0.3, -0.25) is 9.59 Å². The van der Waals surface area contributed by atoms with Crippen molar-refractivity contribution in [2.75, 3.05) is 18.6 Å². The second kappa shape index (κ2) is 7.05. The van der Waals surface area contributed by atoms with Crippen molar-refractivity contribution < 1.29 is 14.3 Å². The highest BCUT2D eigenvalue weighted by atomic mass is 35.5. The number of ether oxygens (including phenoxy) is 1. The summed E-state index contributed by atoms with van der Waals surface area (Å²) in [5.41, 5.74) is 2.82. The van der Waals surface area contributed by atoms with Crippen molar-refractivity contribution in [3.63, 3.8) is 0 Å². The monoisotopic (exact) mass is 343 g/mol. The summed E-state index contributed by atoms with van der Waals surface area (Å²) in [6.07, 6.45) is 0.578. The molecule has 0 radical (unpaired) electrons. The molecule has 0 spiro atoms. The van der Waals surface area contributed by atoms with Crippen LogP contribution in [0.4, 0.5) is 5.69 Å². The number of anilines is 1. The smallest absolute Gasteiger partial charge is 0.306 e. The van der Waals surface area contributed by atoms with E-state index in [2.05, 4.69) is 0 Å². The highest BCUT2D eigenvalue weighted by molar-refractivity contribution is 6.30. The molecule has 0 saturated carbocycles. The van der Waals surface area contributed by atoms with E-state index >= 15 is 0 Å². The fourth-order valence-corrected chi connectivity index (χ4v) is 3.19. The Morgan fingerprint density at radius 2 is 1.88 bits per heavy atom. The number of rotatable bonds is 4. The second-order valence-corrected chi connectivity index (χ2v) is 6.28. The molecule has 4 nitrogen and oxygen atoms in total. The summed E-state index contributed by atoms with van der Waals surface area (Å²) < 4.78 is 4.77. The van der Waals surface area contributed by atoms with E-state index in [-0.39, 0.29) is 24.2 Å². The molecule has 0 aromatic heterocycles. The Hall–Kier alpha value is -2.33. The number of carbonyl (C=O) groups is 2. The minimum Gasteiger partial charge on any atom is -0.469 e. The Morgan fingerprint density at radius 1 is 1.17 bits per heavy atom. The van der Waals surface area contributed by atoms with Crippen molar-refractivity contribution in [2.24, 2.45) is 0 Å². The number of hydrogen-bond acceptors (Lipinski definition) is 3. The van der Waals surface area contributed by atoms with Gasteiger partial charge in [-0.1, -0.05) is 41.9 Å². The third-order valence-corrected chi connectivity index (χ3v) is 4.53. The number of hydrogen-bond donors (Lipinski definition) is 0. The molecule has 5 heteroatoms. The van der Waals surface area contributed by atoms with Gasteiger partial charge in [0.15, 0.2) is 0 Å². The summed E-state index contributed by atoms with van der Waals surface area (Å²) in [5.74, 6) is -0.276. The second-order valence-electron chi connectivity index (χ2n) is 5.84. The predicted octanol–water partition coefficient (Wildman–Crippen LogP) is 3.58. The highest BCUT2D eigenvalue weighted by Crippen LogP contribution is 2.38. The van der Waals surface area contributed by atoms with Crippen LogP contribution < -0.4 is 4.90 Å². The Balaban J connectivity index is 1.79. The minimum atomic E-state index is -0.262. The van der Waals surface area contributed by atoms with E-state index in [1.54, 1.807) is 17.0 Å². The van der Waals surface area contributed by atoms with Crippen molar-refractivity contribution >= 4 is 29.2 Å². The molecule has 2 aromatic carbocycles. The maximum atomic E-state index is 12.7. The first-order chi connectivity index (χ1) is 11.6. The van der Waals surface area contributed by atoms with E-state index in [4.69, 9.17) is 16.3 Å². The van der Waals surface area contributed by atoms with Crippen LogP contribution in [0.15, 0.2) is 48.5 Å². The Morgan fingerprint density at radius 3 is 2.58 bits per heavy atom. The highest BCUT2D eigenvalue weighted by Gasteiger charge is 2.33. The molecule has 1 atom stereocenters. The Labute approximate surface area is 146 Å². The lowest BCUT2D eigenvalue weighted by atomic mass is 9.98. The molecule has 0 fully saturated rings. The third-order valence-electron chi connectivity index (χ3n) is 4.28. The van der Waals surface area contributed by atoms with Crippen molar-refractivity contribution in [1.82, 2.24) is 0 Å². The molecule has 24 heavy (non-hydrogen) atoms. The van der Waals surface area contributed by atoms with Crippen LogP contribution in [0.25, 0.3) is 0 Å². The number of para-hydroxylation sites is 1. The van der Waals surface area contributed by atoms with Gasteiger partial charge in [0, 0.05) is 23.2 Å². The zero-order chi connectivity index (χ0) is 17.1. The van der Waals surface area contributed by atoms with Crippen LogP contribution in [0, 0.1) is 0 Å². The minimum absolute atomic E-state index is 0.0112. The van der Waals surface area contributed by atoms with Gasteiger partial charge in [-0.05, 0) is 29.3 Å². The van der Waals surface area contributed by atoms with E-state index in [0.717, 1.165) is 16.8 Å². The van der Waals surface area contributed by atoms with Crippen LogP contribution in [0.5, 0.6) is 0 Å². The largest absolute Gasteiger partial charge is 0.469 e. The van der Waals surface area contributed by atoms with Gasteiger partial charge >= 0.3 is 5.97 Å². The molecule has 1 aliphatic rings. The number of amides is 1. The van der Waals surface area contributed by atoms with E-state index in [1.165, 1.54) is 7.11 Å². The molecule has 1 heterocycles. The molecule has 1 amide bonds. The van der Waals surface area contributed by atoms with Crippen LogP contribution in [-0.4, -0.2) is 25.5 Å². The molecule has 3 rings (SSSR count). The van der Waals surface area contributed by atoms with Crippen LogP contribution in [0.1, 0.15) is 23.5 Å². The zero-order valence-electron chi connectivity index (χ0n) is 13.4. The van der Waals surface area contributed by atoms with Crippen LogP contribution in [0.2, 0.25) is 5.02 Å². The van der Waals surface area contributed by atoms with E-state index in [0.29, 0.717) is 18.0 Å². The summed E-state index contributed by atoms with van der Waals surface area (Å²) in [4.78, 5) is 26.1. The summed E-state index contributed by atoms with van der Waals surface area (Å²) in [6, 6.07) is 15.0. The average molecular weight is 344 g/mol. The number of methoxy groups -OCH3 is 1. The van der Waals surface area contributed by atoms with Gasteiger partial charge in [-0.25, -0.2) is 0 Å². The molecular weight excluding hydrogens is 326 g/mol. The standard InChI is InChI=1S/C19H18ClNO3/c1-24-19(23)11-14-12-21(17-5-3-2-4-16(14)17)18(22)10-13-6-8-15(20)9-7-13/h2-9,14H,10-12H2,1H3. The van der Waals surface area contributed by atoms with Crippen LogP contribution in [0.3, 0.4) is 0 Å². The van der Waals surface area contributed by atoms with Gasteiger partial charge in [-0.15, -0.1) is 0 Å². The third kappa shape index (κ3) is 3.44. The molecule has 0 saturated heterocycles. The average Bonchev–Trinajstić information content (AvgIpc) is 2.96. The molecule has 124 valence electrons. The SMILES string of the molecule is COC(=O)CC1CN(C(=O)Cc2ccc(Cl)cc2)c2ccccc21. The lowest BCUT2D eigenvalue weighted by molar-refractivity contribution is -0.141. The maximum Gasteiger partial charge on any atom is 0.306 e. The van der Waals surface area contributed by atoms with Crippen LogP contribution >= 0.6 is 11.6 Å². The molecule has 0 bridgehead atoms. The fourth-order valence-electron chi connectivity index (χ4n) is 3.06. The molecule has 0 N–H and O–H groups in total. The number of benzene rings is 2. The maximum absolute atomic E-state index is 12.7. The first-order valence-corrected chi connectivity index (χ1v) is 8.17. The van der Waals surface area contributed by atoms with E-state index in [1.807, 2.05) is 36.4 Å². The van der Waals surface area contributed by atoms with Crippen molar-refractivity contribution in [1.29, 1.82) is 0 Å². The summed E-state index contributed by atoms with van der Waals surface area (Å²) in [5, 5.41) is 0.649. The van der Waals surface area contributed by atoms with Crippen molar-refractivity contribution in [2.45, 2.75) is 18.8 Å². The molecule has 0 aliphatic carbocycles. The summed E-state index contributed by atoms with van der Waals surface area (Å²) in [6.45, 7) is 0.501. The summed E-state index contributed by atoms with van der Waals surface area (Å²) >= 11 is 5.88. The summed E-state index contributed by atoms with van der Waals surface area (Å²) in [7, 11) is 1.38. The quantitative estimate of drug-likeness (QED) is 0.797. The van der Waals surface area contributed by atoms with Gasteiger partial charge in [-0.2, -0.15) is 0 Å². The van der Waals surface area contributed by atoms with Gasteiger partial charge in [0.1, 0.15) is 0 Å². The number of esters is 1. The van der Waals surface area contributed by atoms with Gasteiger partial charge in [0.2, 0.25) is 5.91 Å². The van der Waals surface area contributed by atoms with Crippen LogP contribution in [-0.2, 0) is 20.7 Å². The van der Waals surface area contributed by atoms with Crippen molar-refractivity contribution in [3.8, 4) is 0 Å². The number of fused-ring (bicyclic) bond motifs is 1. The Bertz CT molecular complexity index is 757. The fraction of sp³-hybridized carbons (Fsp3) is 0.263. The van der Waals surface area contributed by atoms with Gasteiger partial charge in [0.25, 0.3) is 0 Å². The molecule has 1 unspecified atom stereocenters. The number of carbonyl (C=O) groups excluding carboxylic acids is 2. The lowest BCUT2D eigenvalue weighted by Crippen LogP contribution is -2.31. The predicted molar refractivity (Wildman–Crippen MR) is 93.3 cm³/mol. The van der Waals surface area contributed by atoms with Gasteiger partial charge < -0.3 is 9.64 Å². The van der Waals surface area contributed by atoms with Crippen molar-refractivity contribution in [3.05, 3.63) is 64.7 Å². The number of nitrogens with zero attached hydrogens (tertiary/aromatic N) is 1. The lowest BCUT2D eigenvalue weighted by Gasteiger charge is -2.18. The Kier molecular flexibility index (Phi) is 4.86. The number of halogens is 1. The first-order valence-electron chi connectivity index (χ1n) is 7.79. The molecule has 2 aromatic rings. The van der Waals surface area contributed by atoms with E-state index < -0.39 is 0 Å². The normalized spacial score (nSPS) is 15.9. The first kappa shape index (κ1) is 16.5. The topological polar surface area (TPSA) is 46.6 Å². The molecular formula is C19H18ClNO3.